The highest BCUT2D eigenvalue weighted by atomic mass is 16.2. The van der Waals surface area contributed by atoms with Gasteiger partial charge in [-0.25, -0.2) is 0 Å². The van der Waals surface area contributed by atoms with Gasteiger partial charge in [-0.3, -0.25) is 4.79 Å². The van der Waals surface area contributed by atoms with Crippen LogP contribution in [0, 0.1) is 0 Å². The molecule has 0 aromatic heterocycles. The average molecular weight is 260 g/mol. The summed E-state index contributed by atoms with van der Waals surface area (Å²) in [5.74, 6) is 0.107. The van der Waals surface area contributed by atoms with Crippen LogP contribution in [0.1, 0.15) is 49.5 Å². The molecule has 1 atom stereocenters. The van der Waals surface area contributed by atoms with E-state index in [1.165, 1.54) is 5.56 Å². The molecule has 0 spiro atoms. The number of nitrogens with zero attached hydrogens (tertiary/aromatic N) is 1. The van der Waals surface area contributed by atoms with Crippen LogP contribution < -0.4 is 5.73 Å². The molecule has 2 rings (SSSR count). The minimum absolute atomic E-state index is 0.107. The predicted octanol–water partition coefficient (Wildman–Crippen LogP) is 2.55. The van der Waals surface area contributed by atoms with E-state index in [1.54, 1.807) is 0 Å². The van der Waals surface area contributed by atoms with E-state index in [-0.39, 0.29) is 17.4 Å². The first-order chi connectivity index (χ1) is 8.88. The van der Waals surface area contributed by atoms with E-state index in [4.69, 9.17) is 5.73 Å². The summed E-state index contributed by atoms with van der Waals surface area (Å²) in [6, 6.07) is 8.10. The molecule has 1 fully saturated rings. The summed E-state index contributed by atoms with van der Waals surface area (Å²) >= 11 is 0. The van der Waals surface area contributed by atoms with Crippen molar-refractivity contribution in [2.24, 2.45) is 5.73 Å². The van der Waals surface area contributed by atoms with E-state index in [9.17, 15) is 4.79 Å². The van der Waals surface area contributed by atoms with Crippen molar-refractivity contribution < 1.29 is 4.79 Å². The first-order valence-electron chi connectivity index (χ1n) is 7.03. The second-order valence-electron chi connectivity index (χ2n) is 6.48. The summed E-state index contributed by atoms with van der Waals surface area (Å²) in [6.07, 6.45) is 2.03. The molecule has 3 heteroatoms. The summed E-state index contributed by atoms with van der Waals surface area (Å²) in [6.45, 7) is 8.03. The molecular formula is C16H24N2O. The molecule has 2 N–H and O–H groups in total. The number of piperidine rings is 1. The zero-order valence-corrected chi connectivity index (χ0v) is 12.1. The van der Waals surface area contributed by atoms with E-state index in [0.717, 1.165) is 24.9 Å². The summed E-state index contributed by atoms with van der Waals surface area (Å²) in [5.41, 5.74) is 8.06. The molecule has 104 valence electrons. The van der Waals surface area contributed by atoms with Gasteiger partial charge in [0.25, 0.3) is 5.91 Å². The molecule has 0 aliphatic carbocycles. The van der Waals surface area contributed by atoms with Gasteiger partial charge >= 0.3 is 0 Å². The zero-order valence-electron chi connectivity index (χ0n) is 12.1. The summed E-state index contributed by atoms with van der Waals surface area (Å²) in [5, 5.41) is 0. The molecule has 19 heavy (non-hydrogen) atoms. The average Bonchev–Trinajstić information content (AvgIpc) is 2.37. The highest BCUT2D eigenvalue weighted by molar-refractivity contribution is 5.94. The Kier molecular flexibility index (Phi) is 3.95. The van der Waals surface area contributed by atoms with Crippen LogP contribution in [0.4, 0.5) is 0 Å². The minimum atomic E-state index is 0.107. The molecule has 0 unspecified atom stereocenters. The number of rotatable bonds is 1. The lowest BCUT2D eigenvalue weighted by Crippen LogP contribution is -2.45. The van der Waals surface area contributed by atoms with Crippen LogP contribution in [0.3, 0.4) is 0 Å². The lowest BCUT2D eigenvalue weighted by atomic mass is 9.86. The van der Waals surface area contributed by atoms with Gasteiger partial charge in [-0.05, 0) is 36.0 Å². The normalized spacial score (nSPS) is 20.4. The lowest BCUT2D eigenvalue weighted by molar-refractivity contribution is 0.0709. The van der Waals surface area contributed by atoms with Gasteiger partial charge in [0.1, 0.15) is 0 Å². The second kappa shape index (κ2) is 5.33. The van der Waals surface area contributed by atoms with Gasteiger partial charge in [0.05, 0.1) is 0 Å². The Bertz CT molecular complexity index is 445. The third-order valence-corrected chi connectivity index (χ3v) is 3.74. The van der Waals surface area contributed by atoms with Crippen molar-refractivity contribution in [3.05, 3.63) is 35.4 Å². The fraction of sp³-hybridized carbons (Fsp3) is 0.562. The Labute approximate surface area is 115 Å². The van der Waals surface area contributed by atoms with Crippen molar-refractivity contribution in [1.29, 1.82) is 0 Å². The highest BCUT2D eigenvalue weighted by Crippen LogP contribution is 2.23. The first kappa shape index (κ1) is 14.1. The molecule has 1 aliphatic rings. The van der Waals surface area contributed by atoms with E-state index in [2.05, 4.69) is 32.9 Å². The topological polar surface area (TPSA) is 46.3 Å². The number of carbonyl (C=O) groups is 1. The molecule has 0 radical (unpaired) electrons. The number of carbonyl (C=O) groups excluding carboxylic acids is 1. The van der Waals surface area contributed by atoms with Gasteiger partial charge < -0.3 is 10.6 Å². The number of hydrogen-bond donors (Lipinski definition) is 1. The van der Waals surface area contributed by atoms with E-state index in [0.29, 0.717) is 6.54 Å². The fourth-order valence-corrected chi connectivity index (χ4v) is 2.49. The van der Waals surface area contributed by atoms with Crippen molar-refractivity contribution in [3.8, 4) is 0 Å². The van der Waals surface area contributed by atoms with Crippen LogP contribution in [0.15, 0.2) is 24.3 Å². The quantitative estimate of drug-likeness (QED) is 0.843. The van der Waals surface area contributed by atoms with Crippen LogP contribution in [-0.2, 0) is 5.41 Å². The third-order valence-electron chi connectivity index (χ3n) is 3.74. The van der Waals surface area contributed by atoms with Gasteiger partial charge in [-0.2, -0.15) is 0 Å². The van der Waals surface area contributed by atoms with Crippen LogP contribution in [-0.4, -0.2) is 29.9 Å². The summed E-state index contributed by atoms with van der Waals surface area (Å²) in [7, 11) is 0. The van der Waals surface area contributed by atoms with Gasteiger partial charge in [-0.15, -0.1) is 0 Å². The van der Waals surface area contributed by atoms with Gasteiger partial charge in [-0.1, -0.05) is 32.9 Å². The maximum absolute atomic E-state index is 12.4. The SMILES string of the molecule is CC(C)(C)c1ccc(C(=O)N2CCC[C@@H](N)C2)cc1. The molecule has 1 aromatic carbocycles. The van der Waals surface area contributed by atoms with Crippen molar-refractivity contribution >= 4 is 5.91 Å². The predicted molar refractivity (Wildman–Crippen MR) is 78.3 cm³/mol. The largest absolute Gasteiger partial charge is 0.337 e. The Morgan fingerprint density at radius 1 is 1.26 bits per heavy atom. The fourth-order valence-electron chi connectivity index (χ4n) is 2.49. The van der Waals surface area contributed by atoms with E-state index in [1.807, 2.05) is 17.0 Å². The number of hydrogen-bond acceptors (Lipinski definition) is 2. The van der Waals surface area contributed by atoms with Crippen LogP contribution in [0.2, 0.25) is 0 Å². The number of benzene rings is 1. The smallest absolute Gasteiger partial charge is 0.253 e. The lowest BCUT2D eigenvalue weighted by Gasteiger charge is -2.31. The van der Waals surface area contributed by atoms with Gasteiger partial charge in [0.2, 0.25) is 0 Å². The molecular weight excluding hydrogens is 236 g/mol. The van der Waals surface area contributed by atoms with Gasteiger partial charge in [0, 0.05) is 24.7 Å². The molecule has 1 aromatic rings. The standard InChI is InChI=1S/C16H24N2O/c1-16(2,3)13-8-6-12(7-9-13)15(19)18-10-4-5-14(17)11-18/h6-9,14H,4-5,10-11,17H2,1-3H3/t14-/m1/s1. The Morgan fingerprint density at radius 3 is 2.42 bits per heavy atom. The van der Waals surface area contributed by atoms with Crippen LogP contribution in [0.25, 0.3) is 0 Å². The monoisotopic (exact) mass is 260 g/mol. The summed E-state index contributed by atoms with van der Waals surface area (Å²) in [4.78, 5) is 14.3. The molecule has 3 nitrogen and oxygen atoms in total. The maximum Gasteiger partial charge on any atom is 0.253 e. The maximum atomic E-state index is 12.4. The van der Waals surface area contributed by atoms with E-state index >= 15 is 0 Å². The molecule has 1 amide bonds. The van der Waals surface area contributed by atoms with Crippen molar-refractivity contribution in [3.63, 3.8) is 0 Å². The molecule has 1 aliphatic heterocycles. The first-order valence-corrected chi connectivity index (χ1v) is 7.03. The third kappa shape index (κ3) is 3.35. The molecule has 1 saturated heterocycles. The molecule has 0 saturated carbocycles. The van der Waals surface area contributed by atoms with Crippen molar-refractivity contribution in [2.45, 2.75) is 45.1 Å². The van der Waals surface area contributed by atoms with Gasteiger partial charge in [0.15, 0.2) is 0 Å². The Morgan fingerprint density at radius 2 is 1.89 bits per heavy atom. The number of amides is 1. The van der Waals surface area contributed by atoms with E-state index < -0.39 is 0 Å². The van der Waals surface area contributed by atoms with Crippen LogP contribution >= 0.6 is 0 Å². The number of likely N-dealkylation sites (tertiary alicyclic amines) is 1. The summed E-state index contributed by atoms with van der Waals surface area (Å²) < 4.78 is 0. The number of nitrogens with two attached hydrogens (primary N) is 1. The van der Waals surface area contributed by atoms with Crippen molar-refractivity contribution in [2.75, 3.05) is 13.1 Å². The highest BCUT2D eigenvalue weighted by Gasteiger charge is 2.22. The van der Waals surface area contributed by atoms with Crippen molar-refractivity contribution in [1.82, 2.24) is 4.90 Å². The zero-order chi connectivity index (χ0) is 14.0. The van der Waals surface area contributed by atoms with Crippen LogP contribution in [0.5, 0.6) is 0 Å². The minimum Gasteiger partial charge on any atom is -0.337 e. The molecule has 0 bridgehead atoms. The molecule has 1 heterocycles. The Hall–Kier alpha value is -1.35. The second-order valence-corrected chi connectivity index (χ2v) is 6.48. The Balaban J connectivity index is 2.11.